The van der Waals surface area contributed by atoms with E-state index in [1.165, 1.54) is 0 Å². The molecule has 0 aliphatic heterocycles. The molecule has 4 heteroatoms. The Hall–Kier alpha value is -1.58. The molecule has 0 saturated carbocycles. The molecule has 1 rings (SSSR count). The van der Waals surface area contributed by atoms with Crippen LogP contribution >= 0.6 is 0 Å². The normalized spacial score (nSPS) is 10.1. The predicted molar refractivity (Wildman–Crippen MR) is 65.5 cm³/mol. The van der Waals surface area contributed by atoms with Gasteiger partial charge < -0.3 is 11.1 Å². The number of primary amides is 1. The second-order valence-electron chi connectivity index (χ2n) is 3.77. The number of nitrogens with two attached hydrogens (primary N) is 1. The Morgan fingerprint density at radius 1 is 1.38 bits per heavy atom. The van der Waals surface area contributed by atoms with E-state index < -0.39 is 5.91 Å². The summed E-state index contributed by atoms with van der Waals surface area (Å²) < 4.78 is 0. The maximum Gasteiger partial charge on any atom is 0.248 e. The minimum Gasteiger partial charge on any atom is -0.370 e. The van der Waals surface area contributed by atoms with Crippen molar-refractivity contribution in [2.24, 2.45) is 5.73 Å². The molecule has 3 N–H and O–H groups in total. The minimum absolute atomic E-state index is 0.403. The zero-order valence-electron chi connectivity index (χ0n) is 9.92. The SMILES string of the molecule is CCCNc1cc(C(N)=O)cc(CCC)n1. The lowest BCUT2D eigenvalue weighted by Gasteiger charge is -2.08. The first-order valence-electron chi connectivity index (χ1n) is 5.72. The lowest BCUT2D eigenvalue weighted by Crippen LogP contribution is -2.13. The van der Waals surface area contributed by atoms with Crippen LogP contribution in [-0.2, 0) is 6.42 Å². The summed E-state index contributed by atoms with van der Waals surface area (Å²) in [5.74, 6) is 0.334. The summed E-state index contributed by atoms with van der Waals surface area (Å²) in [6.07, 6.45) is 2.88. The molecule has 0 radical (unpaired) electrons. The molecule has 1 aromatic rings. The van der Waals surface area contributed by atoms with Crippen LogP contribution < -0.4 is 11.1 Å². The van der Waals surface area contributed by atoms with Gasteiger partial charge in [-0.25, -0.2) is 4.98 Å². The molecule has 4 nitrogen and oxygen atoms in total. The highest BCUT2D eigenvalue weighted by atomic mass is 16.1. The molecule has 0 atom stereocenters. The molecule has 0 unspecified atom stereocenters. The van der Waals surface area contributed by atoms with Gasteiger partial charge in [-0.15, -0.1) is 0 Å². The number of aryl methyl sites for hydroxylation is 1. The molecule has 0 saturated heterocycles. The summed E-state index contributed by atoms with van der Waals surface area (Å²) in [4.78, 5) is 15.6. The number of carbonyl (C=O) groups excluding carboxylic acids is 1. The fourth-order valence-electron chi connectivity index (χ4n) is 1.46. The van der Waals surface area contributed by atoms with E-state index in [2.05, 4.69) is 24.1 Å². The molecule has 1 aromatic heterocycles. The number of nitrogens with zero attached hydrogens (tertiary/aromatic N) is 1. The number of anilines is 1. The van der Waals surface area contributed by atoms with E-state index in [0.717, 1.165) is 37.3 Å². The van der Waals surface area contributed by atoms with E-state index in [1.54, 1.807) is 12.1 Å². The maximum absolute atomic E-state index is 11.2. The van der Waals surface area contributed by atoms with Crippen LogP contribution in [0.1, 0.15) is 42.7 Å². The Morgan fingerprint density at radius 2 is 2.12 bits per heavy atom. The van der Waals surface area contributed by atoms with Gasteiger partial charge in [0.25, 0.3) is 0 Å². The number of hydrogen-bond acceptors (Lipinski definition) is 3. The van der Waals surface area contributed by atoms with Crippen LogP contribution in [0.4, 0.5) is 5.82 Å². The van der Waals surface area contributed by atoms with Gasteiger partial charge in [-0.05, 0) is 25.0 Å². The van der Waals surface area contributed by atoms with Gasteiger partial charge >= 0.3 is 0 Å². The van der Waals surface area contributed by atoms with E-state index in [9.17, 15) is 4.79 Å². The average Bonchev–Trinajstić information content (AvgIpc) is 2.26. The van der Waals surface area contributed by atoms with Gasteiger partial charge in [0.05, 0.1) is 0 Å². The van der Waals surface area contributed by atoms with Crippen LogP contribution in [0.2, 0.25) is 0 Å². The van der Waals surface area contributed by atoms with Crippen molar-refractivity contribution in [3.8, 4) is 0 Å². The molecule has 0 fully saturated rings. The number of hydrogen-bond donors (Lipinski definition) is 2. The van der Waals surface area contributed by atoms with E-state index in [0.29, 0.717) is 5.56 Å². The second kappa shape index (κ2) is 6.10. The number of carbonyl (C=O) groups is 1. The van der Waals surface area contributed by atoms with Gasteiger partial charge in [0.1, 0.15) is 5.82 Å². The van der Waals surface area contributed by atoms with Gasteiger partial charge in [0.15, 0.2) is 0 Å². The molecular formula is C12H19N3O. The Bertz CT molecular complexity index is 363. The largest absolute Gasteiger partial charge is 0.370 e. The molecule has 0 spiro atoms. The zero-order chi connectivity index (χ0) is 12.0. The van der Waals surface area contributed by atoms with Crippen molar-refractivity contribution in [2.45, 2.75) is 33.1 Å². The van der Waals surface area contributed by atoms with E-state index in [-0.39, 0.29) is 0 Å². The summed E-state index contributed by atoms with van der Waals surface area (Å²) in [6, 6.07) is 3.47. The highest BCUT2D eigenvalue weighted by Gasteiger charge is 2.06. The fourth-order valence-corrected chi connectivity index (χ4v) is 1.46. The standard InChI is InChI=1S/C12H19N3O/c1-3-5-10-7-9(12(13)16)8-11(15-10)14-6-4-2/h7-8H,3-6H2,1-2H3,(H2,13,16)(H,14,15). The van der Waals surface area contributed by atoms with Crippen LogP contribution in [0.5, 0.6) is 0 Å². The highest BCUT2D eigenvalue weighted by molar-refractivity contribution is 5.93. The van der Waals surface area contributed by atoms with Gasteiger partial charge in [-0.1, -0.05) is 20.3 Å². The average molecular weight is 221 g/mol. The first-order chi connectivity index (χ1) is 7.67. The number of amides is 1. The number of aromatic nitrogens is 1. The van der Waals surface area contributed by atoms with E-state index >= 15 is 0 Å². The lowest BCUT2D eigenvalue weighted by atomic mass is 10.1. The van der Waals surface area contributed by atoms with Crippen LogP contribution in [0.3, 0.4) is 0 Å². The molecule has 16 heavy (non-hydrogen) atoms. The van der Waals surface area contributed by atoms with Gasteiger partial charge in [-0.2, -0.15) is 0 Å². The zero-order valence-corrected chi connectivity index (χ0v) is 9.92. The quantitative estimate of drug-likeness (QED) is 0.771. The Morgan fingerprint density at radius 3 is 2.69 bits per heavy atom. The fraction of sp³-hybridized carbons (Fsp3) is 0.500. The number of rotatable bonds is 6. The van der Waals surface area contributed by atoms with Gasteiger partial charge in [-0.3, -0.25) is 4.79 Å². The summed E-state index contributed by atoms with van der Waals surface area (Å²) >= 11 is 0. The van der Waals surface area contributed by atoms with Crippen LogP contribution in [0, 0.1) is 0 Å². The third kappa shape index (κ3) is 3.53. The van der Waals surface area contributed by atoms with Crippen molar-refractivity contribution < 1.29 is 4.79 Å². The summed E-state index contributed by atoms with van der Waals surface area (Å²) in [7, 11) is 0. The van der Waals surface area contributed by atoms with Gasteiger partial charge in [0, 0.05) is 17.8 Å². The first kappa shape index (κ1) is 12.5. The van der Waals surface area contributed by atoms with Crippen molar-refractivity contribution in [2.75, 3.05) is 11.9 Å². The van der Waals surface area contributed by atoms with Crippen molar-refractivity contribution in [3.63, 3.8) is 0 Å². The van der Waals surface area contributed by atoms with Crippen molar-refractivity contribution >= 4 is 11.7 Å². The molecule has 0 aromatic carbocycles. The van der Waals surface area contributed by atoms with Crippen LogP contribution in [0.25, 0.3) is 0 Å². The predicted octanol–water partition coefficient (Wildman–Crippen LogP) is 1.95. The monoisotopic (exact) mass is 221 g/mol. The molecule has 0 bridgehead atoms. The molecule has 1 amide bonds. The summed E-state index contributed by atoms with van der Waals surface area (Å²) in [5, 5.41) is 3.17. The smallest absolute Gasteiger partial charge is 0.248 e. The summed E-state index contributed by atoms with van der Waals surface area (Å²) in [6.45, 7) is 5.01. The second-order valence-corrected chi connectivity index (χ2v) is 3.77. The van der Waals surface area contributed by atoms with Crippen LogP contribution in [-0.4, -0.2) is 17.4 Å². The third-order valence-corrected chi connectivity index (χ3v) is 2.23. The van der Waals surface area contributed by atoms with E-state index in [4.69, 9.17) is 5.73 Å². The number of pyridine rings is 1. The molecule has 88 valence electrons. The highest BCUT2D eigenvalue weighted by Crippen LogP contribution is 2.11. The van der Waals surface area contributed by atoms with Crippen molar-refractivity contribution in [1.29, 1.82) is 0 Å². The maximum atomic E-state index is 11.2. The topological polar surface area (TPSA) is 68.0 Å². The molecule has 0 aliphatic rings. The third-order valence-electron chi connectivity index (χ3n) is 2.23. The van der Waals surface area contributed by atoms with Crippen molar-refractivity contribution in [3.05, 3.63) is 23.4 Å². The molecule has 1 heterocycles. The Labute approximate surface area is 96.3 Å². The molecular weight excluding hydrogens is 202 g/mol. The lowest BCUT2D eigenvalue weighted by molar-refractivity contribution is 0.1000. The van der Waals surface area contributed by atoms with Crippen molar-refractivity contribution in [1.82, 2.24) is 4.98 Å². The van der Waals surface area contributed by atoms with Crippen LogP contribution in [0.15, 0.2) is 12.1 Å². The first-order valence-corrected chi connectivity index (χ1v) is 5.72. The number of nitrogens with one attached hydrogen (secondary N) is 1. The van der Waals surface area contributed by atoms with E-state index in [1.807, 2.05) is 0 Å². The Balaban J connectivity index is 2.93. The van der Waals surface area contributed by atoms with Gasteiger partial charge in [0.2, 0.25) is 5.91 Å². The minimum atomic E-state index is -0.403. The Kier molecular flexibility index (Phi) is 4.76. The summed E-state index contributed by atoms with van der Waals surface area (Å²) in [5.41, 5.74) is 6.72. The molecule has 0 aliphatic carbocycles.